The molecule has 4 rings (SSSR count). The van der Waals surface area contributed by atoms with Gasteiger partial charge in [0.25, 0.3) is 0 Å². The summed E-state index contributed by atoms with van der Waals surface area (Å²) in [5.74, 6) is 1.10. The van der Waals surface area contributed by atoms with Crippen LogP contribution in [0, 0.1) is 0 Å². The van der Waals surface area contributed by atoms with E-state index in [0.717, 1.165) is 23.4 Å². The molecule has 0 atom stereocenters. The van der Waals surface area contributed by atoms with E-state index >= 15 is 0 Å². The summed E-state index contributed by atoms with van der Waals surface area (Å²) in [6.07, 6.45) is 3.82. The van der Waals surface area contributed by atoms with Crippen LogP contribution in [-0.2, 0) is 16.6 Å². The Balaban J connectivity index is 1.22. The van der Waals surface area contributed by atoms with Gasteiger partial charge >= 0.3 is 0 Å². The number of hydrogen-bond donors (Lipinski definition) is 1. The summed E-state index contributed by atoms with van der Waals surface area (Å²) in [6, 6.07) is 15.2. The Morgan fingerprint density at radius 1 is 1.03 bits per heavy atom. The molecule has 1 aliphatic carbocycles. The number of nitrogens with zero attached hydrogens (tertiary/aromatic N) is 2. The molecule has 29 heavy (non-hydrogen) atoms. The molecule has 0 spiro atoms. The van der Waals surface area contributed by atoms with Crippen LogP contribution in [0.4, 0.5) is 0 Å². The van der Waals surface area contributed by atoms with Crippen molar-refractivity contribution in [2.24, 2.45) is 0 Å². The maximum absolute atomic E-state index is 12.2. The van der Waals surface area contributed by atoms with Gasteiger partial charge in [-0.2, -0.15) is 4.98 Å². The van der Waals surface area contributed by atoms with Crippen LogP contribution in [0.15, 0.2) is 53.1 Å². The van der Waals surface area contributed by atoms with E-state index in [1.807, 2.05) is 24.3 Å². The quantitative estimate of drug-likeness (QED) is 0.533. The third-order valence-electron chi connectivity index (χ3n) is 5.30. The van der Waals surface area contributed by atoms with Gasteiger partial charge in [-0.15, -0.1) is 0 Å². The SMILES string of the molecule is O=C(CCCc1nc(-c2ccc(Cl)cc2)no1)NCC1(c2ccc(Cl)cc2)CC1. The van der Waals surface area contributed by atoms with E-state index in [4.69, 9.17) is 27.7 Å². The molecule has 0 radical (unpaired) electrons. The Morgan fingerprint density at radius 2 is 1.69 bits per heavy atom. The molecule has 1 saturated carbocycles. The van der Waals surface area contributed by atoms with Gasteiger partial charge in [-0.3, -0.25) is 4.79 Å². The van der Waals surface area contributed by atoms with Gasteiger partial charge in [0.1, 0.15) is 0 Å². The van der Waals surface area contributed by atoms with Gasteiger partial charge in [-0.1, -0.05) is 40.5 Å². The van der Waals surface area contributed by atoms with Gasteiger partial charge in [0.05, 0.1) is 0 Å². The number of aromatic nitrogens is 2. The average Bonchev–Trinajstić information content (AvgIpc) is 3.37. The first-order valence-electron chi connectivity index (χ1n) is 9.65. The van der Waals surface area contributed by atoms with Crippen molar-refractivity contribution in [2.45, 2.75) is 37.5 Å². The van der Waals surface area contributed by atoms with Crippen LogP contribution in [0.5, 0.6) is 0 Å². The van der Waals surface area contributed by atoms with E-state index in [0.29, 0.717) is 42.5 Å². The van der Waals surface area contributed by atoms with Crippen LogP contribution in [0.25, 0.3) is 11.4 Å². The summed E-state index contributed by atoms with van der Waals surface area (Å²) in [4.78, 5) is 16.6. The summed E-state index contributed by atoms with van der Waals surface area (Å²) >= 11 is 11.9. The molecule has 3 aromatic rings. The number of nitrogens with one attached hydrogen (secondary N) is 1. The minimum absolute atomic E-state index is 0.0441. The molecule has 150 valence electrons. The van der Waals surface area contributed by atoms with Gasteiger partial charge < -0.3 is 9.84 Å². The second-order valence-corrected chi connectivity index (χ2v) is 8.31. The maximum atomic E-state index is 12.2. The van der Waals surface area contributed by atoms with E-state index in [2.05, 4.69) is 27.6 Å². The Hall–Kier alpha value is -2.37. The summed E-state index contributed by atoms with van der Waals surface area (Å²) < 4.78 is 5.29. The number of halogens is 2. The predicted octanol–water partition coefficient (Wildman–Crippen LogP) is 5.21. The van der Waals surface area contributed by atoms with Crippen molar-refractivity contribution in [1.29, 1.82) is 0 Å². The van der Waals surface area contributed by atoms with E-state index in [9.17, 15) is 4.79 Å². The molecule has 1 fully saturated rings. The van der Waals surface area contributed by atoms with E-state index in [1.165, 1.54) is 5.56 Å². The average molecular weight is 430 g/mol. The molecule has 7 heteroatoms. The van der Waals surface area contributed by atoms with E-state index < -0.39 is 0 Å². The van der Waals surface area contributed by atoms with Crippen molar-refractivity contribution in [3.63, 3.8) is 0 Å². The Morgan fingerprint density at radius 3 is 2.34 bits per heavy atom. The monoisotopic (exact) mass is 429 g/mol. The minimum Gasteiger partial charge on any atom is -0.355 e. The second kappa shape index (κ2) is 8.56. The third-order valence-corrected chi connectivity index (χ3v) is 5.80. The van der Waals surface area contributed by atoms with Crippen molar-refractivity contribution in [1.82, 2.24) is 15.5 Å². The lowest BCUT2D eigenvalue weighted by Gasteiger charge is -2.16. The first-order chi connectivity index (χ1) is 14.0. The summed E-state index contributed by atoms with van der Waals surface area (Å²) in [5, 5.41) is 8.45. The van der Waals surface area contributed by atoms with Crippen molar-refractivity contribution in [3.05, 3.63) is 70.0 Å². The molecule has 1 aromatic heterocycles. The first-order valence-corrected chi connectivity index (χ1v) is 10.4. The number of hydrogen-bond acceptors (Lipinski definition) is 4. The zero-order valence-electron chi connectivity index (χ0n) is 15.8. The molecular formula is C22H21Cl2N3O2. The standard InChI is InChI=1S/C22H21Cl2N3O2/c23-17-8-4-15(5-9-17)21-26-20(29-27-21)3-1-2-19(28)25-14-22(12-13-22)16-6-10-18(24)11-7-16/h4-11H,1-3,12-14H2,(H,25,28). The lowest BCUT2D eigenvalue weighted by Crippen LogP contribution is -2.32. The Labute approximate surface area is 179 Å². The van der Waals surface area contributed by atoms with Crippen molar-refractivity contribution >= 4 is 29.1 Å². The van der Waals surface area contributed by atoms with E-state index in [1.54, 1.807) is 12.1 Å². The largest absolute Gasteiger partial charge is 0.355 e. The number of rotatable bonds is 8. The molecule has 1 amide bonds. The summed E-state index contributed by atoms with van der Waals surface area (Å²) in [5.41, 5.74) is 2.15. The first kappa shape index (κ1) is 19.9. The van der Waals surface area contributed by atoms with Gasteiger partial charge in [0.15, 0.2) is 0 Å². The van der Waals surface area contributed by atoms with Gasteiger partial charge in [0, 0.05) is 40.4 Å². The van der Waals surface area contributed by atoms with Crippen molar-refractivity contribution in [3.8, 4) is 11.4 Å². The molecule has 1 heterocycles. The normalized spacial score (nSPS) is 14.6. The molecule has 1 N–H and O–H groups in total. The minimum atomic E-state index is 0.0441. The number of amides is 1. The highest BCUT2D eigenvalue weighted by Crippen LogP contribution is 2.47. The zero-order valence-corrected chi connectivity index (χ0v) is 17.3. The fourth-order valence-corrected chi connectivity index (χ4v) is 3.60. The zero-order chi connectivity index (χ0) is 20.3. The Kier molecular flexibility index (Phi) is 5.88. The lowest BCUT2D eigenvalue weighted by atomic mass is 9.96. The number of aryl methyl sites for hydroxylation is 1. The van der Waals surface area contributed by atoms with Crippen molar-refractivity contribution < 1.29 is 9.32 Å². The predicted molar refractivity (Wildman–Crippen MR) is 113 cm³/mol. The summed E-state index contributed by atoms with van der Waals surface area (Å²) in [6.45, 7) is 0.661. The van der Waals surface area contributed by atoms with Crippen LogP contribution < -0.4 is 5.32 Å². The fraction of sp³-hybridized carbons (Fsp3) is 0.318. The highest BCUT2D eigenvalue weighted by atomic mass is 35.5. The maximum Gasteiger partial charge on any atom is 0.226 e. The molecule has 0 unspecified atom stereocenters. The highest BCUT2D eigenvalue weighted by Gasteiger charge is 2.44. The fourth-order valence-electron chi connectivity index (χ4n) is 3.35. The molecular weight excluding hydrogens is 409 g/mol. The van der Waals surface area contributed by atoms with Crippen LogP contribution in [0.3, 0.4) is 0 Å². The number of carbonyl (C=O) groups excluding carboxylic acids is 1. The van der Waals surface area contributed by atoms with E-state index in [-0.39, 0.29) is 11.3 Å². The molecule has 0 bridgehead atoms. The highest BCUT2D eigenvalue weighted by molar-refractivity contribution is 6.30. The number of carbonyl (C=O) groups is 1. The Bertz CT molecular complexity index is 980. The topological polar surface area (TPSA) is 68.0 Å². The number of benzene rings is 2. The smallest absolute Gasteiger partial charge is 0.226 e. The third kappa shape index (κ3) is 4.98. The molecule has 2 aromatic carbocycles. The van der Waals surface area contributed by atoms with Gasteiger partial charge in [-0.25, -0.2) is 0 Å². The summed E-state index contributed by atoms with van der Waals surface area (Å²) in [7, 11) is 0. The van der Waals surface area contributed by atoms with Gasteiger partial charge in [-0.05, 0) is 61.2 Å². The van der Waals surface area contributed by atoms with Crippen LogP contribution >= 0.6 is 23.2 Å². The van der Waals surface area contributed by atoms with Gasteiger partial charge in [0.2, 0.25) is 17.6 Å². The molecule has 1 aliphatic rings. The van der Waals surface area contributed by atoms with Crippen LogP contribution in [-0.4, -0.2) is 22.6 Å². The van der Waals surface area contributed by atoms with Crippen LogP contribution in [0.1, 0.15) is 37.1 Å². The molecule has 0 saturated heterocycles. The van der Waals surface area contributed by atoms with Crippen molar-refractivity contribution in [2.75, 3.05) is 6.54 Å². The second-order valence-electron chi connectivity index (χ2n) is 7.44. The molecule has 5 nitrogen and oxygen atoms in total. The molecule has 0 aliphatic heterocycles. The lowest BCUT2D eigenvalue weighted by molar-refractivity contribution is -0.121. The van der Waals surface area contributed by atoms with Crippen LogP contribution in [0.2, 0.25) is 10.0 Å².